The molecule has 0 atom stereocenters. The maximum atomic E-state index is 12.9. The van der Waals surface area contributed by atoms with Crippen LogP contribution in [0.2, 0.25) is 0 Å². The molecule has 0 N–H and O–H groups in total. The zero-order valence-corrected chi connectivity index (χ0v) is 8.49. The molecular weight excluding hydrogens is 282 g/mol. The highest BCUT2D eigenvalue weighted by Crippen LogP contribution is 2.37. The molecular formula is C8H2BrF4NO. The lowest BCUT2D eigenvalue weighted by molar-refractivity contribution is -0.139. The summed E-state index contributed by atoms with van der Waals surface area (Å²) in [5, 5.41) is 0. The van der Waals surface area contributed by atoms with Crippen molar-refractivity contribution in [3.8, 4) is 0 Å². The van der Waals surface area contributed by atoms with E-state index in [0.717, 1.165) is 6.08 Å². The Kier molecular flexibility index (Phi) is 3.26. The van der Waals surface area contributed by atoms with Crippen LogP contribution < -0.4 is 0 Å². The quantitative estimate of drug-likeness (QED) is 0.440. The Morgan fingerprint density at radius 3 is 2.40 bits per heavy atom. The van der Waals surface area contributed by atoms with Gasteiger partial charge in [0, 0.05) is 4.47 Å². The normalized spacial score (nSPS) is 11.0. The van der Waals surface area contributed by atoms with Gasteiger partial charge in [-0.2, -0.15) is 18.2 Å². The molecule has 15 heavy (non-hydrogen) atoms. The molecule has 0 amide bonds. The van der Waals surface area contributed by atoms with Gasteiger partial charge in [-0.1, -0.05) is 0 Å². The SMILES string of the molecule is O=C=Nc1cc(C(F)(F)F)c(F)cc1Br. The van der Waals surface area contributed by atoms with Crippen LogP contribution in [0.4, 0.5) is 23.2 Å². The van der Waals surface area contributed by atoms with E-state index in [-0.39, 0.29) is 10.2 Å². The van der Waals surface area contributed by atoms with Crippen molar-refractivity contribution < 1.29 is 22.4 Å². The van der Waals surface area contributed by atoms with Crippen molar-refractivity contribution in [1.82, 2.24) is 0 Å². The molecule has 80 valence electrons. The summed E-state index contributed by atoms with van der Waals surface area (Å²) in [4.78, 5) is 12.9. The summed E-state index contributed by atoms with van der Waals surface area (Å²) >= 11 is 2.77. The number of halogens is 5. The van der Waals surface area contributed by atoms with Crippen molar-refractivity contribution in [2.24, 2.45) is 4.99 Å². The summed E-state index contributed by atoms with van der Waals surface area (Å²) in [6.07, 6.45) is -3.74. The van der Waals surface area contributed by atoms with Crippen LogP contribution in [0.15, 0.2) is 21.6 Å². The van der Waals surface area contributed by atoms with Crippen LogP contribution in [-0.2, 0) is 11.0 Å². The van der Waals surface area contributed by atoms with Gasteiger partial charge >= 0.3 is 6.18 Å². The Bertz CT molecular complexity index is 437. The Balaban J connectivity index is 3.42. The standard InChI is InChI=1S/C8H2BrF4NO/c9-5-2-6(10)4(8(11,12)13)1-7(5)14-3-15/h1-2H. The van der Waals surface area contributed by atoms with Gasteiger partial charge in [0.15, 0.2) is 0 Å². The third-order valence-corrected chi connectivity index (χ3v) is 2.14. The van der Waals surface area contributed by atoms with E-state index >= 15 is 0 Å². The lowest BCUT2D eigenvalue weighted by Crippen LogP contribution is -2.07. The lowest BCUT2D eigenvalue weighted by Gasteiger charge is -2.08. The van der Waals surface area contributed by atoms with Crippen LogP contribution in [-0.4, -0.2) is 6.08 Å². The van der Waals surface area contributed by atoms with Crippen LogP contribution in [0.25, 0.3) is 0 Å². The highest BCUT2D eigenvalue weighted by atomic mass is 79.9. The lowest BCUT2D eigenvalue weighted by atomic mass is 10.2. The Morgan fingerprint density at radius 2 is 1.93 bits per heavy atom. The van der Waals surface area contributed by atoms with E-state index in [1.165, 1.54) is 0 Å². The fourth-order valence-electron chi connectivity index (χ4n) is 0.890. The fourth-order valence-corrected chi connectivity index (χ4v) is 1.29. The van der Waals surface area contributed by atoms with Gasteiger partial charge in [0.2, 0.25) is 6.08 Å². The average molecular weight is 284 g/mol. The predicted octanol–water partition coefficient (Wildman–Crippen LogP) is 3.57. The largest absolute Gasteiger partial charge is 0.419 e. The molecule has 0 aromatic heterocycles. The minimum Gasteiger partial charge on any atom is -0.211 e. The molecule has 1 aromatic rings. The number of nitrogens with zero attached hydrogens (tertiary/aromatic N) is 1. The predicted molar refractivity (Wildman–Crippen MR) is 46.9 cm³/mol. The molecule has 0 saturated carbocycles. The number of carbonyl (C=O) groups excluding carboxylic acids is 1. The molecule has 1 rings (SSSR count). The van der Waals surface area contributed by atoms with E-state index in [9.17, 15) is 22.4 Å². The minimum atomic E-state index is -4.82. The van der Waals surface area contributed by atoms with E-state index in [0.29, 0.717) is 12.1 Å². The second-order valence-electron chi connectivity index (χ2n) is 2.48. The van der Waals surface area contributed by atoms with Crippen LogP contribution in [0.3, 0.4) is 0 Å². The van der Waals surface area contributed by atoms with E-state index in [1.54, 1.807) is 0 Å². The molecule has 0 heterocycles. The maximum absolute atomic E-state index is 12.9. The third-order valence-electron chi connectivity index (χ3n) is 1.51. The molecule has 0 bridgehead atoms. The molecule has 1 aromatic carbocycles. The molecule has 0 aliphatic rings. The number of isocyanates is 1. The molecule has 0 unspecified atom stereocenters. The van der Waals surface area contributed by atoms with Crippen LogP contribution in [0, 0.1) is 5.82 Å². The van der Waals surface area contributed by atoms with Crippen molar-refractivity contribution in [1.29, 1.82) is 0 Å². The van der Waals surface area contributed by atoms with Crippen molar-refractivity contribution in [3.63, 3.8) is 0 Å². The molecule has 7 heteroatoms. The van der Waals surface area contributed by atoms with Crippen LogP contribution in [0.1, 0.15) is 5.56 Å². The zero-order chi connectivity index (χ0) is 11.6. The van der Waals surface area contributed by atoms with Gasteiger partial charge in [0.1, 0.15) is 5.82 Å². The number of benzene rings is 1. The summed E-state index contributed by atoms with van der Waals surface area (Å²) in [6.45, 7) is 0. The fraction of sp³-hybridized carbons (Fsp3) is 0.125. The number of rotatable bonds is 1. The number of alkyl halides is 3. The Hall–Kier alpha value is -1.20. The zero-order valence-electron chi connectivity index (χ0n) is 6.90. The van der Waals surface area contributed by atoms with E-state index < -0.39 is 17.6 Å². The van der Waals surface area contributed by atoms with Crippen molar-refractivity contribution in [2.45, 2.75) is 6.18 Å². The first-order valence-electron chi connectivity index (χ1n) is 3.50. The Labute approximate surface area is 89.7 Å². The van der Waals surface area contributed by atoms with Crippen molar-refractivity contribution in [2.75, 3.05) is 0 Å². The van der Waals surface area contributed by atoms with E-state index in [4.69, 9.17) is 0 Å². The summed E-state index contributed by atoms with van der Waals surface area (Å²) < 4.78 is 49.4. The van der Waals surface area contributed by atoms with Crippen LogP contribution in [0.5, 0.6) is 0 Å². The molecule has 0 aliphatic carbocycles. The highest BCUT2D eigenvalue weighted by molar-refractivity contribution is 9.10. The summed E-state index contributed by atoms with van der Waals surface area (Å²) in [5.74, 6) is -1.43. The Morgan fingerprint density at radius 1 is 1.33 bits per heavy atom. The number of aliphatic imine (C=N–C) groups is 1. The van der Waals surface area contributed by atoms with Gasteiger partial charge in [0.05, 0.1) is 11.3 Å². The maximum Gasteiger partial charge on any atom is 0.419 e. The average Bonchev–Trinajstić information content (AvgIpc) is 2.07. The van der Waals surface area contributed by atoms with E-state index in [2.05, 4.69) is 20.9 Å². The molecule has 0 fully saturated rings. The van der Waals surface area contributed by atoms with Gasteiger partial charge in [0.25, 0.3) is 0 Å². The van der Waals surface area contributed by atoms with Crippen molar-refractivity contribution >= 4 is 27.7 Å². The van der Waals surface area contributed by atoms with E-state index in [1.807, 2.05) is 0 Å². The second kappa shape index (κ2) is 4.12. The van der Waals surface area contributed by atoms with Gasteiger partial charge in [-0.15, -0.1) is 0 Å². The molecule has 0 radical (unpaired) electrons. The smallest absolute Gasteiger partial charge is 0.211 e. The summed E-state index contributed by atoms with van der Waals surface area (Å²) in [7, 11) is 0. The summed E-state index contributed by atoms with van der Waals surface area (Å²) in [5.41, 5.74) is -1.79. The molecule has 0 saturated heterocycles. The topological polar surface area (TPSA) is 29.4 Å². The third kappa shape index (κ3) is 2.64. The molecule has 0 spiro atoms. The monoisotopic (exact) mass is 283 g/mol. The minimum absolute atomic E-state index is 0.0450. The number of hydrogen-bond donors (Lipinski definition) is 0. The number of hydrogen-bond acceptors (Lipinski definition) is 2. The second-order valence-corrected chi connectivity index (χ2v) is 3.34. The van der Waals surface area contributed by atoms with Crippen LogP contribution >= 0.6 is 15.9 Å². The van der Waals surface area contributed by atoms with Crippen molar-refractivity contribution in [3.05, 3.63) is 28.0 Å². The first-order chi connectivity index (χ1) is 6.86. The summed E-state index contributed by atoms with van der Waals surface area (Å²) in [6, 6.07) is 1.03. The molecule has 2 nitrogen and oxygen atoms in total. The van der Waals surface area contributed by atoms with Gasteiger partial charge < -0.3 is 0 Å². The van der Waals surface area contributed by atoms with Gasteiger partial charge in [-0.3, -0.25) is 0 Å². The molecule has 0 aliphatic heterocycles. The first-order valence-corrected chi connectivity index (χ1v) is 4.29. The van der Waals surface area contributed by atoms with Gasteiger partial charge in [-0.05, 0) is 28.1 Å². The first kappa shape index (κ1) is 11.9. The van der Waals surface area contributed by atoms with Gasteiger partial charge in [-0.25, -0.2) is 9.18 Å². The highest BCUT2D eigenvalue weighted by Gasteiger charge is 2.34.